The molecule has 1 aromatic carbocycles. The van der Waals surface area contributed by atoms with Crippen LogP contribution in [-0.4, -0.2) is 48.0 Å². The molecule has 2 aromatic rings. The quantitative estimate of drug-likeness (QED) is 0.733. The van der Waals surface area contributed by atoms with Crippen molar-refractivity contribution < 1.29 is 14.3 Å². The number of fused-ring (bicyclic) bond motifs is 4. The zero-order chi connectivity index (χ0) is 21.7. The van der Waals surface area contributed by atoms with Crippen LogP contribution in [-0.2, 0) is 16.1 Å². The first-order valence-corrected chi connectivity index (χ1v) is 10.9. The van der Waals surface area contributed by atoms with Gasteiger partial charge in [0.15, 0.2) is 0 Å². The lowest BCUT2D eigenvalue weighted by Gasteiger charge is -2.43. The number of halogens is 1. The van der Waals surface area contributed by atoms with Gasteiger partial charge in [0, 0.05) is 56.0 Å². The molecular formula is C23H24ClN3O4. The number of rotatable bonds is 3. The first-order valence-electron chi connectivity index (χ1n) is 10.6. The van der Waals surface area contributed by atoms with Crippen LogP contribution < -0.4 is 15.2 Å². The van der Waals surface area contributed by atoms with Crippen LogP contribution in [0.1, 0.15) is 24.5 Å². The number of piperidine rings is 1. The number of nitrogens with zero attached hydrogens (tertiary/aromatic N) is 3. The van der Waals surface area contributed by atoms with Gasteiger partial charge in [-0.05, 0) is 36.6 Å². The molecule has 2 bridgehead atoms. The first-order chi connectivity index (χ1) is 14.9. The molecule has 31 heavy (non-hydrogen) atoms. The molecule has 2 saturated heterocycles. The number of methoxy groups -OCH3 is 1. The Balaban J connectivity index is 1.32. The van der Waals surface area contributed by atoms with Crippen molar-refractivity contribution in [3.8, 4) is 5.75 Å². The molecule has 3 atom stereocenters. The van der Waals surface area contributed by atoms with Gasteiger partial charge in [0.05, 0.1) is 18.1 Å². The van der Waals surface area contributed by atoms with E-state index in [2.05, 4.69) is 0 Å². The number of carbonyl (C=O) groups is 2. The van der Waals surface area contributed by atoms with E-state index in [1.54, 1.807) is 42.3 Å². The zero-order valence-electron chi connectivity index (χ0n) is 17.3. The van der Waals surface area contributed by atoms with Crippen molar-refractivity contribution in [3.05, 3.63) is 57.5 Å². The Morgan fingerprint density at radius 2 is 1.94 bits per heavy atom. The molecule has 0 unspecified atom stereocenters. The third kappa shape index (κ3) is 3.51. The second-order valence-corrected chi connectivity index (χ2v) is 9.07. The molecule has 0 radical (unpaired) electrons. The lowest BCUT2D eigenvalue weighted by molar-refractivity contribution is -0.138. The molecule has 2 amide bonds. The van der Waals surface area contributed by atoms with Gasteiger partial charge >= 0.3 is 0 Å². The minimum Gasteiger partial charge on any atom is -0.495 e. The van der Waals surface area contributed by atoms with E-state index in [9.17, 15) is 14.4 Å². The second-order valence-electron chi connectivity index (χ2n) is 8.67. The Morgan fingerprint density at radius 1 is 1.10 bits per heavy atom. The monoisotopic (exact) mass is 441 g/mol. The van der Waals surface area contributed by atoms with Crippen molar-refractivity contribution in [2.45, 2.75) is 25.3 Å². The summed E-state index contributed by atoms with van der Waals surface area (Å²) in [4.78, 5) is 41.8. The molecule has 2 fully saturated rings. The largest absolute Gasteiger partial charge is 0.495 e. The van der Waals surface area contributed by atoms with Crippen LogP contribution in [0.25, 0.3) is 0 Å². The van der Waals surface area contributed by atoms with Gasteiger partial charge in [0.1, 0.15) is 5.75 Å². The van der Waals surface area contributed by atoms with E-state index in [-0.39, 0.29) is 41.5 Å². The van der Waals surface area contributed by atoms with E-state index >= 15 is 0 Å². The standard InChI is InChI=1S/C23H24ClN3O4/c1-31-20-6-5-17(9-18(20)24)26-13-16(8-22(26)29)23(30)25-10-14-7-15(12-25)19-3-2-4-21(28)27(19)11-14/h2-6,9,14-16H,7-8,10-13H2,1H3/t14-,15+,16+/m0/s1. The number of anilines is 1. The maximum atomic E-state index is 13.3. The summed E-state index contributed by atoms with van der Waals surface area (Å²) >= 11 is 6.22. The summed E-state index contributed by atoms with van der Waals surface area (Å²) in [6, 6.07) is 10.6. The van der Waals surface area contributed by atoms with Gasteiger partial charge in [0.25, 0.3) is 5.56 Å². The molecule has 0 aliphatic carbocycles. The first kappa shape index (κ1) is 20.1. The molecule has 0 N–H and O–H groups in total. The van der Waals surface area contributed by atoms with Gasteiger partial charge in [0.2, 0.25) is 11.8 Å². The molecule has 0 spiro atoms. The molecule has 162 valence electrons. The maximum Gasteiger partial charge on any atom is 0.250 e. The van der Waals surface area contributed by atoms with Gasteiger partial charge in [-0.15, -0.1) is 0 Å². The van der Waals surface area contributed by atoms with Gasteiger partial charge in [-0.2, -0.15) is 0 Å². The normalized spacial score (nSPS) is 24.8. The van der Waals surface area contributed by atoms with E-state index in [0.717, 1.165) is 12.1 Å². The Kier molecular flexibility index (Phi) is 5.01. The number of likely N-dealkylation sites (tertiary alicyclic amines) is 1. The maximum absolute atomic E-state index is 13.3. The number of aromatic nitrogens is 1. The summed E-state index contributed by atoms with van der Waals surface area (Å²) in [5.41, 5.74) is 1.72. The van der Waals surface area contributed by atoms with E-state index in [1.165, 1.54) is 0 Å². The van der Waals surface area contributed by atoms with Crippen molar-refractivity contribution in [3.63, 3.8) is 0 Å². The molecular weight excluding hydrogens is 418 g/mol. The van der Waals surface area contributed by atoms with E-state index in [4.69, 9.17) is 16.3 Å². The molecule has 3 aliphatic heterocycles. The van der Waals surface area contributed by atoms with Crippen molar-refractivity contribution in [2.75, 3.05) is 31.6 Å². The predicted octanol–water partition coefficient (Wildman–Crippen LogP) is 2.51. The minimum absolute atomic E-state index is 0.0249. The van der Waals surface area contributed by atoms with Crippen LogP contribution in [0.15, 0.2) is 41.2 Å². The minimum atomic E-state index is -0.370. The summed E-state index contributed by atoms with van der Waals surface area (Å²) in [7, 11) is 1.54. The number of amides is 2. The average Bonchev–Trinajstić information content (AvgIpc) is 3.15. The van der Waals surface area contributed by atoms with Gasteiger partial charge in [-0.1, -0.05) is 17.7 Å². The van der Waals surface area contributed by atoms with Gasteiger partial charge in [-0.25, -0.2) is 0 Å². The van der Waals surface area contributed by atoms with E-state index in [0.29, 0.717) is 42.6 Å². The number of carbonyl (C=O) groups excluding carboxylic acids is 2. The molecule has 1 aromatic heterocycles. The van der Waals surface area contributed by atoms with Crippen molar-refractivity contribution in [1.82, 2.24) is 9.47 Å². The zero-order valence-corrected chi connectivity index (χ0v) is 18.0. The summed E-state index contributed by atoms with van der Waals surface area (Å²) in [6.07, 6.45) is 1.19. The van der Waals surface area contributed by atoms with Gasteiger partial charge < -0.3 is 19.1 Å². The lowest BCUT2D eigenvalue weighted by Crippen LogP contribution is -2.50. The summed E-state index contributed by atoms with van der Waals surface area (Å²) in [6.45, 7) is 2.23. The molecule has 8 heteroatoms. The van der Waals surface area contributed by atoms with Crippen LogP contribution in [0.5, 0.6) is 5.75 Å². The predicted molar refractivity (Wildman–Crippen MR) is 117 cm³/mol. The fraction of sp³-hybridized carbons (Fsp3) is 0.435. The highest BCUT2D eigenvalue weighted by Crippen LogP contribution is 2.37. The van der Waals surface area contributed by atoms with Crippen LogP contribution in [0.2, 0.25) is 5.02 Å². The second kappa shape index (κ2) is 7.71. The number of hydrogen-bond donors (Lipinski definition) is 0. The van der Waals surface area contributed by atoms with Crippen molar-refractivity contribution in [2.24, 2.45) is 11.8 Å². The van der Waals surface area contributed by atoms with Crippen LogP contribution >= 0.6 is 11.6 Å². The smallest absolute Gasteiger partial charge is 0.250 e. The summed E-state index contributed by atoms with van der Waals surface area (Å²) in [5, 5.41) is 0.431. The third-order valence-corrected chi connectivity index (χ3v) is 7.01. The fourth-order valence-electron chi connectivity index (χ4n) is 5.28. The van der Waals surface area contributed by atoms with Gasteiger partial charge in [-0.3, -0.25) is 14.4 Å². The highest BCUT2D eigenvalue weighted by Gasteiger charge is 2.41. The molecule has 4 heterocycles. The van der Waals surface area contributed by atoms with E-state index in [1.807, 2.05) is 15.5 Å². The molecule has 0 saturated carbocycles. The number of benzene rings is 1. The molecule has 5 rings (SSSR count). The third-order valence-electron chi connectivity index (χ3n) is 6.71. The summed E-state index contributed by atoms with van der Waals surface area (Å²) < 4.78 is 7.04. The molecule has 3 aliphatic rings. The summed E-state index contributed by atoms with van der Waals surface area (Å²) in [5.74, 6) is 0.558. The van der Waals surface area contributed by atoms with E-state index < -0.39 is 0 Å². The Bertz CT molecular complexity index is 1110. The van der Waals surface area contributed by atoms with Crippen molar-refractivity contribution >= 4 is 29.1 Å². The topological polar surface area (TPSA) is 71.8 Å². The van der Waals surface area contributed by atoms with Crippen molar-refractivity contribution in [1.29, 1.82) is 0 Å². The highest BCUT2D eigenvalue weighted by atomic mass is 35.5. The molecule has 7 nitrogen and oxygen atoms in total. The Labute approximate surface area is 185 Å². The highest BCUT2D eigenvalue weighted by molar-refractivity contribution is 6.32. The Hall–Kier alpha value is -2.80. The lowest BCUT2D eigenvalue weighted by atomic mass is 9.82. The fourth-order valence-corrected chi connectivity index (χ4v) is 5.53. The van der Waals surface area contributed by atoms with Crippen LogP contribution in [0.3, 0.4) is 0 Å². The number of pyridine rings is 1. The Morgan fingerprint density at radius 3 is 2.71 bits per heavy atom. The van der Waals surface area contributed by atoms with Crippen LogP contribution in [0, 0.1) is 11.8 Å². The average molecular weight is 442 g/mol. The number of ether oxygens (including phenoxy) is 1. The number of hydrogen-bond acceptors (Lipinski definition) is 4. The SMILES string of the molecule is COc1ccc(N2C[C@H](C(=O)N3C[C@@H]4C[C@H](C3)c3cccc(=O)n3C4)CC2=O)cc1Cl. The van der Waals surface area contributed by atoms with Crippen LogP contribution in [0.4, 0.5) is 5.69 Å².